The van der Waals surface area contributed by atoms with Crippen molar-refractivity contribution in [1.29, 1.82) is 0 Å². The van der Waals surface area contributed by atoms with Crippen LogP contribution in [-0.4, -0.2) is 11.8 Å². The van der Waals surface area contributed by atoms with Gasteiger partial charge in [-0.25, -0.2) is 4.39 Å². The quantitative estimate of drug-likeness (QED) is 0.624. The summed E-state index contributed by atoms with van der Waals surface area (Å²) in [7, 11) is 0. The molecule has 0 aliphatic rings. The summed E-state index contributed by atoms with van der Waals surface area (Å²) in [6.45, 7) is 0. The molecule has 0 unspecified atom stereocenters. The molecule has 0 saturated heterocycles. The number of amides is 2. The normalized spacial score (nSPS) is 10.2. The maximum atomic E-state index is 13.8. The van der Waals surface area contributed by atoms with Gasteiger partial charge in [0.1, 0.15) is 5.82 Å². The second kappa shape index (κ2) is 7.48. The van der Waals surface area contributed by atoms with Crippen LogP contribution in [0.2, 0.25) is 0 Å². The number of hydrogen-bond donors (Lipinski definition) is 3. The lowest BCUT2D eigenvalue weighted by molar-refractivity contribution is 0.102. The average Bonchev–Trinajstić information content (AvgIpc) is 2.64. The summed E-state index contributed by atoms with van der Waals surface area (Å²) in [6, 6.07) is 19.0. The first kappa shape index (κ1) is 17.2. The molecule has 0 fully saturated rings. The summed E-state index contributed by atoms with van der Waals surface area (Å²) < 4.78 is 13.8. The molecule has 0 atom stereocenters. The molecule has 0 aromatic heterocycles. The minimum Gasteiger partial charge on any atom is -0.399 e. The number of halogens is 1. The van der Waals surface area contributed by atoms with Crippen molar-refractivity contribution in [3.63, 3.8) is 0 Å². The number of nitrogens with one attached hydrogen (secondary N) is 2. The molecule has 0 aliphatic carbocycles. The van der Waals surface area contributed by atoms with Gasteiger partial charge < -0.3 is 16.4 Å². The Morgan fingerprint density at radius 1 is 0.769 bits per heavy atom. The number of para-hydroxylation sites is 1. The van der Waals surface area contributed by atoms with Gasteiger partial charge in [0.05, 0.1) is 16.8 Å². The Labute approximate surface area is 149 Å². The van der Waals surface area contributed by atoms with Crippen molar-refractivity contribution in [3.05, 3.63) is 89.7 Å². The number of nitrogens with two attached hydrogens (primary N) is 1. The van der Waals surface area contributed by atoms with Crippen LogP contribution in [-0.2, 0) is 0 Å². The molecule has 130 valence electrons. The van der Waals surface area contributed by atoms with Crippen molar-refractivity contribution in [2.45, 2.75) is 0 Å². The molecule has 0 bridgehead atoms. The van der Waals surface area contributed by atoms with Crippen LogP contribution in [0.1, 0.15) is 20.7 Å². The smallest absolute Gasteiger partial charge is 0.258 e. The van der Waals surface area contributed by atoms with E-state index in [-0.39, 0.29) is 16.8 Å². The predicted molar refractivity (Wildman–Crippen MR) is 99.6 cm³/mol. The van der Waals surface area contributed by atoms with E-state index >= 15 is 0 Å². The van der Waals surface area contributed by atoms with Gasteiger partial charge in [-0.2, -0.15) is 0 Å². The third-order valence-corrected chi connectivity index (χ3v) is 3.69. The van der Waals surface area contributed by atoms with Crippen LogP contribution in [0, 0.1) is 5.82 Å². The van der Waals surface area contributed by atoms with Gasteiger partial charge >= 0.3 is 0 Å². The van der Waals surface area contributed by atoms with Gasteiger partial charge in [-0.05, 0) is 42.5 Å². The molecule has 0 saturated carbocycles. The minimum absolute atomic E-state index is 0.112. The van der Waals surface area contributed by atoms with E-state index in [1.54, 1.807) is 36.4 Å². The van der Waals surface area contributed by atoms with Crippen LogP contribution in [0.25, 0.3) is 0 Å². The highest BCUT2D eigenvalue weighted by Gasteiger charge is 2.17. The Balaban J connectivity index is 1.87. The first-order chi connectivity index (χ1) is 12.5. The Bertz CT molecular complexity index is 958. The second-order valence-corrected chi connectivity index (χ2v) is 5.56. The molecule has 6 heteroatoms. The maximum Gasteiger partial charge on any atom is 0.258 e. The van der Waals surface area contributed by atoms with Crippen LogP contribution in [0.4, 0.5) is 21.5 Å². The average molecular weight is 349 g/mol. The zero-order valence-corrected chi connectivity index (χ0v) is 13.7. The third-order valence-electron chi connectivity index (χ3n) is 3.69. The zero-order valence-electron chi connectivity index (χ0n) is 13.7. The van der Waals surface area contributed by atoms with Crippen molar-refractivity contribution >= 4 is 28.9 Å². The summed E-state index contributed by atoms with van der Waals surface area (Å²) in [5, 5.41) is 5.30. The lowest BCUT2D eigenvalue weighted by atomic mass is 10.1. The topological polar surface area (TPSA) is 84.2 Å². The van der Waals surface area contributed by atoms with E-state index in [1.807, 2.05) is 6.07 Å². The number of hydrogen-bond acceptors (Lipinski definition) is 3. The molecular formula is C20H16FN3O2. The lowest BCUT2D eigenvalue weighted by Gasteiger charge is -2.13. The molecular weight excluding hydrogens is 333 g/mol. The van der Waals surface area contributed by atoms with Gasteiger partial charge in [0.2, 0.25) is 0 Å². The first-order valence-electron chi connectivity index (χ1n) is 7.86. The second-order valence-electron chi connectivity index (χ2n) is 5.56. The van der Waals surface area contributed by atoms with Crippen LogP contribution >= 0.6 is 0 Å². The fourth-order valence-corrected chi connectivity index (χ4v) is 2.41. The molecule has 0 aliphatic heterocycles. The van der Waals surface area contributed by atoms with Gasteiger partial charge in [-0.1, -0.05) is 30.3 Å². The van der Waals surface area contributed by atoms with E-state index < -0.39 is 17.6 Å². The first-order valence-corrected chi connectivity index (χ1v) is 7.86. The number of nitrogen functional groups attached to an aromatic ring is 1. The fraction of sp³-hybridized carbons (Fsp3) is 0. The Morgan fingerprint density at radius 2 is 1.42 bits per heavy atom. The number of rotatable bonds is 4. The monoisotopic (exact) mass is 349 g/mol. The van der Waals surface area contributed by atoms with Crippen LogP contribution in [0.3, 0.4) is 0 Å². The van der Waals surface area contributed by atoms with Crippen molar-refractivity contribution < 1.29 is 14.0 Å². The molecule has 2 amide bonds. The number of carbonyl (C=O) groups excluding carboxylic acids is 2. The Morgan fingerprint density at radius 3 is 2.15 bits per heavy atom. The fourth-order valence-electron chi connectivity index (χ4n) is 2.41. The molecule has 3 rings (SSSR count). The van der Waals surface area contributed by atoms with Gasteiger partial charge in [-0.3, -0.25) is 9.59 Å². The van der Waals surface area contributed by atoms with Crippen molar-refractivity contribution in [3.8, 4) is 0 Å². The largest absolute Gasteiger partial charge is 0.399 e. The lowest BCUT2D eigenvalue weighted by Crippen LogP contribution is -2.19. The standard InChI is InChI=1S/C20H16FN3O2/c21-17-9-5-4-8-15(17)19(25)24-18-11-10-13(22)12-16(18)20(26)23-14-6-2-1-3-7-14/h1-12H,22H2,(H,23,26)(H,24,25). The Hall–Kier alpha value is -3.67. The molecule has 0 radical (unpaired) electrons. The SMILES string of the molecule is Nc1ccc(NC(=O)c2ccccc2F)c(C(=O)Nc2ccccc2)c1. The summed E-state index contributed by atoms with van der Waals surface area (Å²) in [6.07, 6.45) is 0. The van der Waals surface area contributed by atoms with Gasteiger partial charge in [-0.15, -0.1) is 0 Å². The Kier molecular flexibility index (Phi) is 4.94. The highest BCUT2D eigenvalue weighted by atomic mass is 19.1. The van der Waals surface area contributed by atoms with Crippen LogP contribution in [0.15, 0.2) is 72.8 Å². The molecule has 3 aromatic rings. The van der Waals surface area contributed by atoms with E-state index in [4.69, 9.17) is 5.73 Å². The van der Waals surface area contributed by atoms with E-state index in [2.05, 4.69) is 10.6 Å². The van der Waals surface area contributed by atoms with Crippen LogP contribution in [0.5, 0.6) is 0 Å². The molecule has 0 spiro atoms. The minimum atomic E-state index is -0.651. The molecule has 5 nitrogen and oxygen atoms in total. The van der Waals surface area contributed by atoms with E-state index in [0.29, 0.717) is 11.4 Å². The van der Waals surface area contributed by atoms with Crippen molar-refractivity contribution in [1.82, 2.24) is 0 Å². The van der Waals surface area contributed by atoms with Gasteiger partial charge in [0.25, 0.3) is 11.8 Å². The number of anilines is 3. The number of carbonyl (C=O) groups is 2. The van der Waals surface area contributed by atoms with Gasteiger partial charge in [0, 0.05) is 11.4 Å². The molecule has 0 heterocycles. The van der Waals surface area contributed by atoms with Crippen molar-refractivity contribution in [2.24, 2.45) is 0 Å². The van der Waals surface area contributed by atoms with Gasteiger partial charge in [0.15, 0.2) is 0 Å². The maximum absolute atomic E-state index is 13.8. The summed E-state index contributed by atoms with van der Waals surface area (Å²) >= 11 is 0. The number of benzene rings is 3. The summed E-state index contributed by atoms with van der Waals surface area (Å²) in [5.74, 6) is -1.73. The van der Waals surface area contributed by atoms with E-state index in [9.17, 15) is 14.0 Å². The van der Waals surface area contributed by atoms with E-state index in [0.717, 1.165) is 0 Å². The van der Waals surface area contributed by atoms with Crippen LogP contribution < -0.4 is 16.4 Å². The zero-order chi connectivity index (χ0) is 18.5. The third kappa shape index (κ3) is 3.87. The molecule has 3 aromatic carbocycles. The van der Waals surface area contributed by atoms with Crippen molar-refractivity contribution in [2.75, 3.05) is 16.4 Å². The molecule has 4 N–H and O–H groups in total. The highest BCUT2D eigenvalue weighted by molar-refractivity contribution is 6.13. The highest BCUT2D eigenvalue weighted by Crippen LogP contribution is 2.22. The summed E-state index contributed by atoms with van der Waals surface area (Å²) in [4.78, 5) is 24.9. The molecule has 26 heavy (non-hydrogen) atoms. The predicted octanol–water partition coefficient (Wildman–Crippen LogP) is 3.91. The summed E-state index contributed by atoms with van der Waals surface area (Å²) in [5.41, 5.74) is 7.05. The van der Waals surface area contributed by atoms with E-state index in [1.165, 1.54) is 30.3 Å².